The van der Waals surface area contributed by atoms with Gasteiger partial charge in [-0.25, -0.2) is 0 Å². The van der Waals surface area contributed by atoms with Crippen LogP contribution in [0.1, 0.15) is 33.1 Å². The number of nitrogens with one attached hydrogen (secondary N) is 1. The summed E-state index contributed by atoms with van der Waals surface area (Å²) in [7, 11) is 0. The van der Waals surface area contributed by atoms with Crippen LogP contribution in [0.4, 0.5) is 0 Å². The van der Waals surface area contributed by atoms with Crippen molar-refractivity contribution >= 4 is 5.91 Å². The Balaban J connectivity index is 1.78. The number of aliphatic hydroxyl groups excluding tert-OH is 2. The molecular weight excluding hydrogens is 244 g/mol. The standard InChI is InChI=1S/C14H26N2O3/c1-9-4-3-5-11(10(9)2)15-14(19)8-16-6-12(17)13(18)7-16/h9-13,17-18H,3-8H2,1-2H3,(H,15,19). The molecule has 3 N–H and O–H groups in total. The minimum atomic E-state index is -0.721. The van der Waals surface area contributed by atoms with Crippen molar-refractivity contribution in [3.63, 3.8) is 0 Å². The molecule has 5 atom stereocenters. The number of nitrogens with zero attached hydrogens (tertiary/aromatic N) is 1. The molecule has 1 saturated carbocycles. The lowest BCUT2D eigenvalue weighted by Gasteiger charge is -2.34. The highest BCUT2D eigenvalue weighted by Gasteiger charge is 2.32. The molecule has 1 amide bonds. The second kappa shape index (κ2) is 6.20. The van der Waals surface area contributed by atoms with Crippen molar-refractivity contribution in [2.75, 3.05) is 19.6 Å². The Bertz CT molecular complexity index is 314. The number of carbonyl (C=O) groups is 1. The molecule has 0 aromatic carbocycles. The zero-order valence-electron chi connectivity index (χ0n) is 11.9. The smallest absolute Gasteiger partial charge is 0.234 e. The van der Waals surface area contributed by atoms with Crippen LogP contribution < -0.4 is 5.32 Å². The third kappa shape index (κ3) is 3.68. The number of likely N-dealkylation sites (tertiary alicyclic amines) is 1. The van der Waals surface area contributed by atoms with E-state index in [0.717, 1.165) is 6.42 Å². The molecule has 5 nitrogen and oxygen atoms in total. The number of carbonyl (C=O) groups excluding carboxylic acids is 1. The van der Waals surface area contributed by atoms with E-state index < -0.39 is 12.2 Å². The van der Waals surface area contributed by atoms with E-state index in [1.54, 1.807) is 0 Å². The van der Waals surface area contributed by atoms with Crippen LogP contribution in [0.25, 0.3) is 0 Å². The van der Waals surface area contributed by atoms with Crippen molar-refractivity contribution in [2.24, 2.45) is 11.8 Å². The first-order chi connectivity index (χ1) is 8.97. The second-order valence-electron chi connectivity index (χ2n) is 6.27. The molecule has 5 heteroatoms. The molecule has 1 aliphatic carbocycles. The van der Waals surface area contributed by atoms with E-state index in [2.05, 4.69) is 19.2 Å². The van der Waals surface area contributed by atoms with Gasteiger partial charge in [-0.05, 0) is 18.3 Å². The molecule has 0 radical (unpaired) electrons. The van der Waals surface area contributed by atoms with Crippen LogP contribution in [0.5, 0.6) is 0 Å². The molecule has 2 rings (SSSR count). The summed E-state index contributed by atoms with van der Waals surface area (Å²) in [5.41, 5.74) is 0. The summed E-state index contributed by atoms with van der Waals surface area (Å²) in [6.07, 6.45) is 2.04. The average molecular weight is 270 g/mol. The summed E-state index contributed by atoms with van der Waals surface area (Å²) in [5.74, 6) is 1.19. The monoisotopic (exact) mass is 270 g/mol. The lowest BCUT2D eigenvalue weighted by molar-refractivity contribution is -0.123. The Kier molecular flexibility index (Phi) is 4.81. The van der Waals surface area contributed by atoms with E-state index in [-0.39, 0.29) is 18.5 Å². The zero-order chi connectivity index (χ0) is 14.0. The molecule has 1 heterocycles. The largest absolute Gasteiger partial charge is 0.389 e. The molecular formula is C14H26N2O3. The van der Waals surface area contributed by atoms with E-state index in [9.17, 15) is 15.0 Å². The van der Waals surface area contributed by atoms with Crippen molar-refractivity contribution in [1.29, 1.82) is 0 Å². The van der Waals surface area contributed by atoms with Gasteiger partial charge in [-0.15, -0.1) is 0 Å². The molecule has 0 bridgehead atoms. The summed E-state index contributed by atoms with van der Waals surface area (Å²) in [5, 5.41) is 22.0. The summed E-state index contributed by atoms with van der Waals surface area (Å²) < 4.78 is 0. The Hall–Kier alpha value is -0.650. The summed E-state index contributed by atoms with van der Waals surface area (Å²) >= 11 is 0. The minimum Gasteiger partial charge on any atom is -0.389 e. The maximum absolute atomic E-state index is 12.0. The van der Waals surface area contributed by atoms with Gasteiger partial charge in [-0.2, -0.15) is 0 Å². The Labute approximate surface area is 115 Å². The molecule has 1 saturated heterocycles. The van der Waals surface area contributed by atoms with Crippen LogP contribution in [-0.2, 0) is 4.79 Å². The highest BCUT2D eigenvalue weighted by Crippen LogP contribution is 2.29. The van der Waals surface area contributed by atoms with Gasteiger partial charge in [0.15, 0.2) is 0 Å². The molecule has 2 fully saturated rings. The molecule has 5 unspecified atom stereocenters. The third-order valence-corrected chi connectivity index (χ3v) is 4.76. The summed E-state index contributed by atoms with van der Waals surface area (Å²) in [4.78, 5) is 13.8. The second-order valence-corrected chi connectivity index (χ2v) is 6.27. The zero-order valence-corrected chi connectivity index (χ0v) is 11.9. The Morgan fingerprint density at radius 1 is 1.21 bits per heavy atom. The number of β-amino-alcohol motifs (C(OH)–C–C–N with tert-alkyl or cyclic N) is 2. The molecule has 2 aliphatic rings. The number of hydrogen-bond donors (Lipinski definition) is 3. The normalized spacial score (nSPS) is 40.3. The van der Waals surface area contributed by atoms with Gasteiger partial charge in [0, 0.05) is 19.1 Å². The van der Waals surface area contributed by atoms with Crippen molar-refractivity contribution in [2.45, 2.75) is 51.4 Å². The van der Waals surface area contributed by atoms with Crippen LogP contribution in [0.2, 0.25) is 0 Å². The molecule has 0 aromatic rings. The van der Waals surface area contributed by atoms with E-state index in [1.165, 1.54) is 12.8 Å². The van der Waals surface area contributed by atoms with Crippen molar-refractivity contribution < 1.29 is 15.0 Å². The van der Waals surface area contributed by atoms with Crippen molar-refractivity contribution in [3.05, 3.63) is 0 Å². The van der Waals surface area contributed by atoms with Gasteiger partial charge < -0.3 is 15.5 Å². The van der Waals surface area contributed by atoms with Crippen molar-refractivity contribution in [3.8, 4) is 0 Å². The topological polar surface area (TPSA) is 72.8 Å². The number of hydrogen-bond acceptors (Lipinski definition) is 4. The first-order valence-corrected chi connectivity index (χ1v) is 7.35. The van der Waals surface area contributed by atoms with Gasteiger partial charge in [0.05, 0.1) is 18.8 Å². The van der Waals surface area contributed by atoms with Gasteiger partial charge in [0.2, 0.25) is 5.91 Å². The Morgan fingerprint density at radius 2 is 1.84 bits per heavy atom. The molecule has 1 aliphatic heterocycles. The fourth-order valence-electron chi connectivity index (χ4n) is 3.22. The van der Waals surface area contributed by atoms with Gasteiger partial charge >= 0.3 is 0 Å². The van der Waals surface area contributed by atoms with E-state index in [0.29, 0.717) is 24.9 Å². The maximum atomic E-state index is 12.0. The first-order valence-electron chi connectivity index (χ1n) is 7.35. The van der Waals surface area contributed by atoms with Gasteiger partial charge in [-0.3, -0.25) is 9.69 Å². The van der Waals surface area contributed by atoms with E-state index in [4.69, 9.17) is 0 Å². The molecule has 110 valence electrons. The lowest BCUT2D eigenvalue weighted by atomic mass is 9.78. The fourth-order valence-corrected chi connectivity index (χ4v) is 3.22. The predicted molar refractivity (Wildman–Crippen MR) is 72.6 cm³/mol. The lowest BCUT2D eigenvalue weighted by Crippen LogP contribution is -2.47. The highest BCUT2D eigenvalue weighted by molar-refractivity contribution is 5.78. The van der Waals surface area contributed by atoms with Gasteiger partial charge in [-0.1, -0.05) is 26.7 Å². The van der Waals surface area contributed by atoms with Gasteiger partial charge in [0.1, 0.15) is 0 Å². The SMILES string of the molecule is CC1CCCC(NC(=O)CN2CC(O)C(O)C2)C1C. The van der Waals surface area contributed by atoms with Crippen LogP contribution in [0.3, 0.4) is 0 Å². The maximum Gasteiger partial charge on any atom is 0.234 e. The molecule has 19 heavy (non-hydrogen) atoms. The predicted octanol–water partition coefficient (Wildman–Crippen LogP) is -0.0353. The van der Waals surface area contributed by atoms with Crippen LogP contribution >= 0.6 is 0 Å². The van der Waals surface area contributed by atoms with E-state index >= 15 is 0 Å². The number of aliphatic hydroxyl groups is 2. The summed E-state index contributed by atoms with van der Waals surface area (Å²) in [6, 6.07) is 0.272. The van der Waals surface area contributed by atoms with Crippen LogP contribution in [0.15, 0.2) is 0 Å². The minimum absolute atomic E-state index is 0.00671. The fraction of sp³-hybridized carbons (Fsp3) is 0.929. The molecule has 0 spiro atoms. The third-order valence-electron chi connectivity index (χ3n) is 4.76. The van der Waals surface area contributed by atoms with Crippen LogP contribution in [0, 0.1) is 11.8 Å². The highest BCUT2D eigenvalue weighted by atomic mass is 16.3. The van der Waals surface area contributed by atoms with Crippen LogP contribution in [-0.4, -0.2) is 58.9 Å². The Morgan fingerprint density at radius 3 is 2.47 bits per heavy atom. The van der Waals surface area contributed by atoms with E-state index in [1.807, 2.05) is 4.90 Å². The number of amides is 1. The molecule has 0 aromatic heterocycles. The quantitative estimate of drug-likeness (QED) is 0.673. The summed E-state index contributed by atoms with van der Waals surface area (Å²) in [6.45, 7) is 5.48. The van der Waals surface area contributed by atoms with Crippen molar-refractivity contribution in [1.82, 2.24) is 10.2 Å². The van der Waals surface area contributed by atoms with Gasteiger partial charge in [0.25, 0.3) is 0 Å². The first kappa shape index (κ1) is 14.8. The average Bonchev–Trinajstić information content (AvgIpc) is 2.64. The number of rotatable bonds is 3.